The molecule has 1 N–H and O–H groups in total. The van der Waals surface area contributed by atoms with Gasteiger partial charge in [0.2, 0.25) is 0 Å². The molecule has 3 rings (SSSR count). The van der Waals surface area contributed by atoms with Crippen LogP contribution in [0.2, 0.25) is 0 Å². The number of unbranched alkanes of at least 4 members (excludes halogenated alkanes) is 6. The van der Waals surface area contributed by atoms with Gasteiger partial charge in [0.05, 0.1) is 5.56 Å². The number of carboxylic acid groups (broad SMARTS) is 1. The Bertz CT molecular complexity index is 794. The second kappa shape index (κ2) is 9.41. The van der Waals surface area contributed by atoms with Crippen molar-refractivity contribution >= 4 is 5.97 Å². The fraction of sp³-hybridized carbons (Fsp3) is 0.500. The Hall–Kier alpha value is -2.09. The summed E-state index contributed by atoms with van der Waals surface area (Å²) in [6.45, 7) is 4.50. The molecule has 0 fully saturated rings. The highest BCUT2D eigenvalue weighted by molar-refractivity contribution is 5.91. The van der Waals surface area contributed by atoms with Crippen molar-refractivity contribution in [3.05, 3.63) is 59.2 Å². The van der Waals surface area contributed by atoms with Gasteiger partial charge in [-0.25, -0.2) is 4.79 Å². The van der Waals surface area contributed by atoms with Crippen LogP contribution in [0.3, 0.4) is 0 Å². The molecular weight excluding hydrogens is 344 g/mol. The number of fused-ring (bicyclic) bond motifs is 3. The standard InChI is InChI=1S/C26H34O2/c1-3-5-7-11-17-26(18-12-8-6-4-2)23-14-10-9-13-21(23)22-16-15-20(25(27)28)19-24(22)26/h9-10,13-16,19H,3-8,11-12,17-18H2,1-2H3,(H,27,28). The number of carboxylic acids is 1. The number of carbonyl (C=O) groups is 1. The molecule has 28 heavy (non-hydrogen) atoms. The van der Waals surface area contributed by atoms with Gasteiger partial charge in [0, 0.05) is 5.41 Å². The van der Waals surface area contributed by atoms with Crippen LogP contribution in [-0.2, 0) is 5.41 Å². The van der Waals surface area contributed by atoms with Crippen molar-refractivity contribution in [2.45, 2.75) is 83.5 Å². The molecule has 0 radical (unpaired) electrons. The van der Waals surface area contributed by atoms with E-state index in [1.165, 1.54) is 73.6 Å². The number of benzene rings is 2. The van der Waals surface area contributed by atoms with Crippen LogP contribution in [0.4, 0.5) is 0 Å². The third-order valence-electron chi connectivity index (χ3n) is 6.43. The Morgan fingerprint density at radius 2 is 1.39 bits per heavy atom. The van der Waals surface area contributed by atoms with Crippen molar-refractivity contribution in [3.8, 4) is 11.1 Å². The molecule has 0 heterocycles. The molecule has 2 nitrogen and oxygen atoms in total. The zero-order valence-electron chi connectivity index (χ0n) is 17.5. The van der Waals surface area contributed by atoms with Crippen LogP contribution < -0.4 is 0 Å². The third-order valence-corrected chi connectivity index (χ3v) is 6.43. The van der Waals surface area contributed by atoms with Gasteiger partial charge < -0.3 is 5.11 Å². The van der Waals surface area contributed by atoms with Gasteiger partial charge in [0.1, 0.15) is 0 Å². The Kier molecular flexibility index (Phi) is 6.93. The lowest BCUT2D eigenvalue weighted by Gasteiger charge is -2.33. The van der Waals surface area contributed by atoms with E-state index < -0.39 is 5.97 Å². The molecule has 0 saturated heterocycles. The fourth-order valence-corrected chi connectivity index (χ4v) is 4.96. The van der Waals surface area contributed by atoms with Crippen LogP contribution >= 0.6 is 0 Å². The quantitative estimate of drug-likeness (QED) is 0.409. The molecular formula is C26H34O2. The van der Waals surface area contributed by atoms with E-state index in [0.29, 0.717) is 5.56 Å². The van der Waals surface area contributed by atoms with Crippen LogP contribution in [0.5, 0.6) is 0 Å². The predicted octanol–water partition coefficient (Wildman–Crippen LogP) is 7.59. The summed E-state index contributed by atoms with van der Waals surface area (Å²) < 4.78 is 0. The summed E-state index contributed by atoms with van der Waals surface area (Å²) in [5, 5.41) is 9.60. The van der Waals surface area contributed by atoms with E-state index in [1.807, 2.05) is 12.1 Å². The zero-order chi connectivity index (χ0) is 20.0. The minimum atomic E-state index is -0.829. The first-order valence-corrected chi connectivity index (χ1v) is 11.1. The van der Waals surface area contributed by atoms with Crippen LogP contribution in [0.15, 0.2) is 42.5 Å². The molecule has 2 aromatic carbocycles. The third kappa shape index (κ3) is 4.01. The summed E-state index contributed by atoms with van der Waals surface area (Å²) in [7, 11) is 0. The number of rotatable bonds is 11. The average molecular weight is 379 g/mol. The molecule has 0 saturated carbocycles. The number of hydrogen-bond acceptors (Lipinski definition) is 1. The molecule has 0 atom stereocenters. The summed E-state index contributed by atoms with van der Waals surface area (Å²) in [4.78, 5) is 11.7. The van der Waals surface area contributed by atoms with Gasteiger partial charge in [-0.1, -0.05) is 95.5 Å². The highest BCUT2D eigenvalue weighted by atomic mass is 16.4. The zero-order valence-corrected chi connectivity index (χ0v) is 17.5. The van der Waals surface area contributed by atoms with Gasteiger partial charge in [-0.05, 0) is 47.2 Å². The molecule has 1 aliphatic carbocycles. The molecule has 0 aromatic heterocycles. The van der Waals surface area contributed by atoms with E-state index >= 15 is 0 Å². The molecule has 150 valence electrons. The highest BCUT2D eigenvalue weighted by Crippen LogP contribution is 2.54. The molecule has 0 amide bonds. The van der Waals surface area contributed by atoms with Crippen molar-refractivity contribution in [1.82, 2.24) is 0 Å². The van der Waals surface area contributed by atoms with E-state index in [9.17, 15) is 9.90 Å². The van der Waals surface area contributed by atoms with Crippen molar-refractivity contribution in [2.24, 2.45) is 0 Å². The van der Waals surface area contributed by atoms with E-state index in [1.54, 1.807) is 6.07 Å². The molecule has 1 aliphatic rings. The van der Waals surface area contributed by atoms with Gasteiger partial charge in [-0.15, -0.1) is 0 Å². The minimum Gasteiger partial charge on any atom is -0.478 e. The smallest absolute Gasteiger partial charge is 0.335 e. The molecule has 2 aromatic rings. The summed E-state index contributed by atoms with van der Waals surface area (Å²) in [6, 6.07) is 14.5. The van der Waals surface area contributed by atoms with Crippen LogP contribution in [0.25, 0.3) is 11.1 Å². The lowest BCUT2D eigenvalue weighted by atomic mass is 9.70. The molecule has 0 spiro atoms. The molecule has 0 aliphatic heterocycles. The molecule has 0 bridgehead atoms. The maximum atomic E-state index is 11.7. The van der Waals surface area contributed by atoms with Crippen LogP contribution in [-0.4, -0.2) is 11.1 Å². The first kappa shape index (κ1) is 20.6. The monoisotopic (exact) mass is 378 g/mol. The fourth-order valence-electron chi connectivity index (χ4n) is 4.96. The summed E-state index contributed by atoms with van der Waals surface area (Å²) >= 11 is 0. The van der Waals surface area contributed by atoms with Gasteiger partial charge in [-0.3, -0.25) is 0 Å². The van der Waals surface area contributed by atoms with Crippen molar-refractivity contribution < 1.29 is 9.90 Å². The van der Waals surface area contributed by atoms with Gasteiger partial charge in [0.15, 0.2) is 0 Å². The first-order valence-electron chi connectivity index (χ1n) is 11.1. The summed E-state index contributed by atoms with van der Waals surface area (Å²) in [5.74, 6) is -0.829. The largest absolute Gasteiger partial charge is 0.478 e. The lowest BCUT2D eigenvalue weighted by molar-refractivity contribution is 0.0696. The van der Waals surface area contributed by atoms with Crippen molar-refractivity contribution in [2.75, 3.05) is 0 Å². The summed E-state index contributed by atoms with van der Waals surface area (Å²) in [6.07, 6.45) is 12.2. The van der Waals surface area contributed by atoms with Crippen molar-refractivity contribution in [3.63, 3.8) is 0 Å². The second-order valence-electron chi connectivity index (χ2n) is 8.31. The van der Waals surface area contributed by atoms with E-state index in [4.69, 9.17) is 0 Å². The number of aromatic carboxylic acids is 1. The normalized spacial score (nSPS) is 13.9. The van der Waals surface area contributed by atoms with Crippen molar-refractivity contribution in [1.29, 1.82) is 0 Å². The predicted molar refractivity (Wildman–Crippen MR) is 117 cm³/mol. The van der Waals surface area contributed by atoms with Gasteiger partial charge in [0.25, 0.3) is 0 Å². The summed E-state index contributed by atoms with van der Waals surface area (Å²) in [5.41, 5.74) is 5.60. The second-order valence-corrected chi connectivity index (χ2v) is 8.31. The Balaban J connectivity index is 2.04. The van der Waals surface area contributed by atoms with Crippen LogP contribution in [0.1, 0.15) is 99.5 Å². The first-order chi connectivity index (χ1) is 13.6. The molecule has 2 heteroatoms. The number of hydrogen-bond donors (Lipinski definition) is 1. The van der Waals surface area contributed by atoms with E-state index in [2.05, 4.69) is 38.1 Å². The van der Waals surface area contributed by atoms with E-state index in [-0.39, 0.29) is 5.41 Å². The minimum absolute atomic E-state index is 0.0289. The lowest BCUT2D eigenvalue weighted by Crippen LogP contribution is -2.26. The SMILES string of the molecule is CCCCCCC1(CCCCCC)c2ccccc2-c2ccc(C(=O)O)cc21. The Labute approximate surface area is 170 Å². The average Bonchev–Trinajstić information content (AvgIpc) is 2.99. The van der Waals surface area contributed by atoms with Gasteiger partial charge >= 0.3 is 5.97 Å². The maximum Gasteiger partial charge on any atom is 0.335 e. The Morgan fingerprint density at radius 3 is 2.00 bits per heavy atom. The maximum absolute atomic E-state index is 11.7. The Morgan fingerprint density at radius 1 is 0.786 bits per heavy atom. The molecule has 0 unspecified atom stereocenters. The topological polar surface area (TPSA) is 37.3 Å². The van der Waals surface area contributed by atoms with E-state index in [0.717, 1.165) is 12.8 Å². The highest BCUT2D eigenvalue weighted by Gasteiger charge is 2.42. The van der Waals surface area contributed by atoms with Gasteiger partial charge in [-0.2, -0.15) is 0 Å². The van der Waals surface area contributed by atoms with Crippen LogP contribution in [0, 0.1) is 0 Å².